The van der Waals surface area contributed by atoms with Crippen molar-refractivity contribution in [3.8, 4) is 5.82 Å². The van der Waals surface area contributed by atoms with Crippen LogP contribution in [0.15, 0.2) is 48.9 Å². The summed E-state index contributed by atoms with van der Waals surface area (Å²) in [5, 5.41) is 0. The lowest BCUT2D eigenvalue weighted by molar-refractivity contribution is 0.0718. The van der Waals surface area contributed by atoms with Crippen LogP contribution in [-0.2, 0) is 9.84 Å². The molecule has 0 N–H and O–H groups in total. The molecular weight excluding hydrogens is 376 g/mol. The Morgan fingerprint density at radius 3 is 2.54 bits per heavy atom. The quantitative estimate of drug-likeness (QED) is 0.609. The van der Waals surface area contributed by atoms with E-state index in [2.05, 4.69) is 9.97 Å². The molecule has 0 fully saturated rings. The first-order valence-electron chi connectivity index (χ1n) is 9.26. The second-order valence-electron chi connectivity index (χ2n) is 6.65. The van der Waals surface area contributed by atoms with Crippen molar-refractivity contribution in [2.45, 2.75) is 26.8 Å². The number of rotatable bonds is 7. The van der Waals surface area contributed by atoms with Crippen molar-refractivity contribution in [2.75, 3.05) is 18.1 Å². The minimum Gasteiger partial charge on any atom is -0.335 e. The highest BCUT2D eigenvalue weighted by Gasteiger charge is 2.24. The van der Waals surface area contributed by atoms with Crippen LogP contribution in [0.5, 0.6) is 0 Å². The second kappa shape index (κ2) is 8.10. The van der Waals surface area contributed by atoms with Crippen LogP contribution < -0.4 is 0 Å². The van der Waals surface area contributed by atoms with E-state index in [1.807, 2.05) is 35.8 Å². The Bertz CT molecular complexity index is 1070. The molecule has 3 rings (SSSR count). The molecule has 1 atom stereocenters. The van der Waals surface area contributed by atoms with Crippen molar-refractivity contribution in [3.05, 3.63) is 54.5 Å². The minimum absolute atomic E-state index is 0.0460. The molecule has 0 aliphatic rings. The molecule has 148 valence electrons. The van der Waals surface area contributed by atoms with Gasteiger partial charge in [-0.15, -0.1) is 0 Å². The molecule has 2 heterocycles. The standard InChI is InChI=1S/C20H24N4O3S/c1-4-23(15(3)13-28(26,27)5-2)20(25)16-10-11-19(21-12-16)24-14-22-17-8-6-7-9-18(17)24/h6-12,14-15H,4-5,13H2,1-3H3. The largest absolute Gasteiger partial charge is 0.335 e. The summed E-state index contributed by atoms with van der Waals surface area (Å²) in [5.74, 6) is 0.458. The van der Waals surface area contributed by atoms with E-state index in [0.29, 0.717) is 17.9 Å². The lowest BCUT2D eigenvalue weighted by Gasteiger charge is -2.27. The Morgan fingerprint density at radius 2 is 1.89 bits per heavy atom. The number of sulfone groups is 1. The minimum atomic E-state index is -3.17. The molecule has 8 heteroatoms. The van der Waals surface area contributed by atoms with Gasteiger partial charge < -0.3 is 4.90 Å². The van der Waals surface area contributed by atoms with Crippen molar-refractivity contribution >= 4 is 26.8 Å². The third kappa shape index (κ3) is 4.06. The fraction of sp³-hybridized carbons (Fsp3) is 0.350. The summed E-state index contributed by atoms with van der Waals surface area (Å²) in [5.41, 5.74) is 2.23. The first kappa shape index (κ1) is 20.0. The van der Waals surface area contributed by atoms with E-state index < -0.39 is 15.9 Å². The topological polar surface area (TPSA) is 85.2 Å². The van der Waals surface area contributed by atoms with Gasteiger partial charge in [0.1, 0.15) is 12.1 Å². The lowest BCUT2D eigenvalue weighted by atomic mass is 10.2. The molecule has 7 nitrogen and oxygen atoms in total. The van der Waals surface area contributed by atoms with E-state index in [1.54, 1.807) is 37.2 Å². The van der Waals surface area contributed by atoms with Crippen molar-refractivity contribution in [3.63, 3.8) is 0 Å². The van der Waals surface area contributed by atoms with Gasteiger partial charge >= 0.3 is 0 Å². The smallest absolute Gasteiger partial charge is 0.255 e. The summed E-state index contributed by atoms with van der Waals surface area (Å²) in [6.45, 7) is 5.64. The maximum atomic E-state index is 12.9. The first-order chi connectivity index (χ1) is 13.4. The number of imidazole rings is 1. The number of aromatic nitrogens is 3. The molecule has 0 aliphatic carbocycles. The highest BCUT2D eigenvalue weighted by Crippen LogP contribution is 2.17. The van der Waals surface area contributed by atoms with E-state index in [4.69, 9.17) is 0 Å². The number of pyridine rings is 1. The third-order valence-electron chi connectivity index (χ3n) is 4.76. The maximum absolute atomic E-state index is 12.9. The zero-order valence-electron chi connectivity index (χ0n) is 16.2. The number of nitrogens with zero attached hydrogens (tertiary/aromatic N) is 4. The fourth-order valence-electron chi connectivity index (χ4n) is 3.19. The van der Waals surface area contributed by atoms with Gasteiger partial charge in [0, 0.05) is 24.5 Å². The molecule has 0 bridgehead atoms. The predicted molar refractivity (Wildman–Crippen MR) is 109 cm³/mol. The summed E-state index contributed by atoms with van der Waals surface area (Å²) < 4.78 is 25.7. The Labute approximate surface area is 164 Å². The number of hydrogen-bond acceptors (Lipinski definition) is 5. The summed E-state index contributed by atoms with van der Waals surface area (Å²) in [4.78, 5) is 23.2. The van der Waals surface area contributed by atoms with Gasteiger partial charge in [-0.05, 0) is 38.1 Å². The van der Waals surface area contributed by atoms with Crippen LogP contribution in [0.2, 0.25) is 0 Å². The highest BCUT2D eigenvalue weighted by atomic mass is 32.2. The Morgan fingerprint density at radius 1 is 1.14 bits per heavy atom. The van der Waals surface area contributed by atoms with Gasteiger partial charge in [0.05, 0.1) is 22.3 Å². The number of fused-ring (bicyclic) bond motifs is 1. The van der Waals surface area contributed by atoms with Gasteiger partial charge in [-0.25, -0.2) is 18.4 Å². The molecule has 3 aromatic rings. The molecule has 0 spiro atoms. The number of hydrogen-bond donors (Lipinski definition) is 0. The Hall–Kier alpha value is -2.74. The van der Waals surface area contributed by atoms with Crippen molar-refractivity contribution < 1.29 is 13.2 Å². The Kier molecular flexibility index (Phi) is 5.79. The molecule has 1 amide bonds. The summed E-state index contributed by atoms with van der Waals surface area (Å²) in [7, 11) is -3.17. The van der Waals surface area contributed by atoms with Gasteiger partial charge in [-0.3, -0.25) is 9.36 Å². The van der Waals surface area contributed by atoms with Crippen molar-refractivity contribution in [1.82, 2.24) is 19.4 Å². The first-order valence-corrected chi connectivity index (χ1v) is 11.1. The van der Waals surface area contributed by atoms with Gasteiger partial charge in [0.15, 0.2) is 9.84 Å². The molecular formula is C20H24N4O3S. The lowest BCUT2D eigenvalue weighted by Crippen LogP contribution is -2.42. The normalized spacial score (nSPS) is 12.8. The molecule has 1 aromatic carbocycles. The average Bonchev–Trinajstić information content (AvgIpc) is 3.12. The van der Waals surface area contributed by atoms with Crippen LogP contribution in [-0.4, -0.2) is 57.9 Å². The van der Waals surface area contributed by atoms with E-state index in [0.717, 1.165) is 11.0 Å². The van der Waals surface area contributed by atoms with Crippen LogP contribution >= 0.6 is 0 Å². The van der Waals surface area contributed by atoms with Gasteiger partial charge in [0.2, 0.25) is 0 Å². The van der Waals surface area contributed by atoms with E-state index in [1.165, 1.54) is 6.20 Å². The number of carbonyl (C=O) groups excluding carboxylic acids is 1. The van der Waals surface area contributed by atoms with E-state index in [9.17, 15) is 13.2 Å². The number of para-hydroxylation sites is 2. The molecule has 0 aliphatic heterocycles. The fourth-order valence-corrected chi connectivity index (χ4v) is 4.34. The Balaban J connectivity index is 1.82. The van der Waals surface area contributed by atoms with Crippen molar-refractivity contribution in [2.24, 2.45) is 0 Å². The summed E-state index contributed by atoms with van der Waals surface area (Å²) in [6, 6.07) is 10.8. The van der Waals surface area contributed by atoms with Crippen LogP contribution in [0.3, 0.4) is 0 Å². The number of carbonyl (C=O) groups is 1. The maximum Gasteiger partial charge on any atom is 0.255 e. The molecule has 28 heavy (non-hydrogen) atoms. The molecule has 0 radical (unpaired) electrons. The van der Waals surface area contributed by atoms with Gasteiger partial charge in [0.25, 0.3) is 5.91 Å². The van der Waals surface area contributed by atoms with Crippen LogP contribution in [0, 0.1) is 0 Å². The molecule has 0 saturated carbocycles. The van der Waals surface area contributed by atoms with Crippen LogP contribution in [0.1, 0.15) is 31.1 Å². The summed E-state index contributed by atoms with van der Waals surface area (Å²) >= 11 is 0. The number of amides is 1. The van der Waals surface area contributed by atoms with Crippen LogP contribution in [0.25, 0.3) is 16.9 Å². The summed E-state index contributed by atoms with van der Waals surface area (Å²) in [6.07, 6.45) is 3.22. The van der Waals surface area contributed by atoms with E-state index >= 15 is 0 Å². The SMILES string of the molecule is CCN(C(=O)c1ccc(-n2cnc3ccccc32)nc1)C(C)CS(=O)(=O)CC. The van der Waals surface area contributed by atoms with Gasteiger partial charge in [-0.1, -0.05) is 19.1 Å². The molecule has 1 unspecified atom stereocenters. The third-order valence-corrected chi connectivity index (χ3v) is 6.63. The second-order valence-corrected chi connectivity index (χ2v) is 9.05. The average molecular weight is 401 g/mol. The zero-order chi connectivity index (χ0) is 20.3. The zero-order valence-corrected chi connectivity index (χ0v) is 17.1. The molecule has 2 aromatic heterocycles. The van der Waals surface area contributed by atoms with Gasteiger partial charge in [-0.2, -0.15) is 0 Å². The predicted octanol–water partition coefficient (Wildman–Crippen LogP) is 2.71. The van der Waals surface area contributed by atoms with E-state index in [-0.39, 0.29) is 17.4 Å². The van der Waals surface area contributed by atoms with Crippen molar-refractivity contribution in [1.29, 1.82) is 0 Å². The number of benzene rings is 1. The highest BCUT2D eigenvalue weighted by molar-refractivity contribution is 7.91. The molecule has 0 saturated heterocycles. The monoisotopic (exact) mass is 400 g/mol. The van der Waals surface area contributed by atoms with Crippen LogP contribution in [0.4, 0.5) is 0 Å².